The van der Waals surface area contributed by atoms with Gasteiger partial charge < -0.3 is 14.4 Å². The minimum atomic E-state index is -0.0441. The summed E-state index contributed by atoms with van der Waals surface area (Å²) in [5.74, 6) is 1.27. The van der Waals surface area contributed by atoms with Gasteiger partial charge in [-0.05, 0) is 30.3 Å². The Kier molecular flexibility index (Phi) is 5.44. The van der Waals surface area contributed by atoms with Crippen molar-refractivity contribution in [2.45, 2.75) is 6.54 Å². The van der Waals surface area contributed by atoms with Crippen molar-refractivity contribution >= 4 is 21.8 Å². The highest BCUT2D eigenvalue weighted by atomic mass is 79.9. The molecule has 0 bridgehead atoms. The van der Waals surface area contributed by atoms with E-state index in [0.29, 0.717) is 23.6 Å². The van der Waals surface area contributed by atoms with Crippen LogP contribution in [0.3, 0.4) is 0 Å². The summed E-state index contributed by atoms with van der Waals surface area (Å²) in [6.45, 7) is 0.440. The molecule has 2 rings (SSSR count). The number of ether oxygens (including phenoxy) is 2. The molecule has 1 amide bonds. The van der Waals surface area contributed by atoms with E-state index in [2.05, 4.69) is 15.9 Å². The molecule has 0 fully saturated rings. The summed E-state index contributed by atoms with van der Waals surface area (Å²) >= 11 is 3.36. The number of hydrogen-bond acceptors (Lipinski definition) is 3. The van der Waals surface area contributed by atoms with Crippen molar-refractivity contribution in [2.75, 3.05) is 21.3 Å². The normalized spacial score (nSPS) is 10.2. The number of amides is 1. The first kappa shape index (κ1) is 16.4. The van der Waals surface area contributed by atoms with E-state index in [1.807, 2.05) is 30.3 Å². The van der Waals surface area contributed by atoms with Crippen LogP contribution in [0.15, 0.2) is 46.9 Å². The zero-order valence-electron chi connectivity index (χ0n) is 12.8. The monoisotopic (exact) mass is 363 g/mol. The van der Waals surface area contributed by atoms with E-state index in [1.165, 1.54) is 0 Å². The molecule has 0 spiro atoms. The molecule has 0 heterocycles. The van der Waals surface area contributed by atoms with E-state index in [1.54, 1.807) is 38.3 Å². The molecule has 0 atom stereocenters. The van der Waals surface area contributed by atoms with Gasteiger partial charge in [-0.2, -0.15) is 0 Å². The predicted molar refractivity (Wildman–Crippen MR) is 89.5 cm³/mol. The third-order valence-corrected chi connectivity index (χ3v) is 3.86. The van der Waals surface area contributed by atoms with E-state index in [4.69, 9.17) is 9.47 Å². The largest absolute Gasteiger partial charge is 0.493 e. The van der Waals surface area contributed by atoms with Crippen LogP contribution in [0.4, 0.5) is 0 Å². The Morgan fingerprint density at radius 2 is 1.77 bits per heavy atom. The Morgan fingerprint density at radius 1 is 1.09 bits per heavy atom. The van der Waals surface area contributed by atoms with Gasteiger partial charge in [0.15, 0.2) is 11.5 Å². The fraction of sp³-hybridized carbons (Fsp3) is 0.235. The Bertz CT molecular complexity index is 655. The first-order chi connectivity index (χ1) is 10.6. The standard InChI is InChI=1S/C17H18BrNO3/c1-19(17(20)12-7-9-14(18)10-8-12)11-13-5-4-6-15(21-2)16(13)22-3/h4-10H,11H2,1-3H3. The van der Waals surface area contributed by atoms with Crippen LogP contribution < -0.4 is 9.47 Å². The van der Waals surface area contributed by atoms with Crippen LogP contribution in [0.1, 0.15) is 15.9 Å². The molecular formula is C17H18BrNO3. The quantitative estimate of drug-likeness (QED) is 0.812. The summed E-state index contributed by atoms with van der Waals surface area (Å²) in [4.78, 5) is 14.1. The number of nitrogens with zero attached hydrogens (tertiary/aromatic N) is 1. The van der Waals surface area contributed by atoms with Crippen LogP contribution in [0.25, 0.3) is 0 Å². The fourth-order valence-electron chi connectivity index (χ4n) is 2.22. The average Bonchev–Trinajstić information content (AvgIpc) is 2.54. The van der Waals surface area contributed by atoms with Crippen molar-refractivity contribution in [3.63, 3.8) is 0 Å². The summed E-state index contributed by atoms with van der Waals surface area (Å²) in [5.41, 5.74) is 1.54. The molecule has 0 aromatic heterocycles. The van der Waals surface area contributed by atoms with Crippen molar-refractivity contribution in [1.82, 2.24) is 4.90 Å². The molecule has 0 saturated heterocycles. The summed E-state index contributed by atoms with van der Waals surface area (Å²) in [6.07, 6.45) is 0. The van der Waals surface area contributed by atoms with Crippen LogP contribution in [0, 0.1) is 0 Å². The van der Waals surface area contributed by atoms with Crippen molar-refractivity contribution < 1.29 is 14.3 Å². The summed E-state index contributed by atoms with van der Waals surface area (Å²) < 4.78 is 11.6. The van der Waals surface area contributed by atoms with Crippen LogP contribution in [-0.2, 0) is 6.54 Å². The van der Waals surface area contributed by atoms with Gasteiger partial charge in [0.25, 0.3) is 5.91 Å². The molecule has 2 aromatic rings. The second-order valence-electron chi connectivity index (χ2n) is 4.82. The zero-order chi connectivity index (χ0) is 16.1. The first-order valence-electron chi connectivity index (χ1n) is 6.77. The zero-order valence-corrected chi connectivity index (χ0v) is 14.4. The predicted octanol–water partition coefficient (Wildman–Crippen LogP) is 3.74. The molecule has 0 aliphatic rings. The first-order valence-corrected chi connectivity index (χ1v) is 7.57. The Morgan fingerprint density at radius 3 is 2.36 bits per heavy atom. The number of methoxy groups -OCH3 is 2. The molecule has 0 unspecified atom stereocenters. The van der Waals surface area contributed by atoms with E-state index in [9.17, 15) is 4.79 Å². The van der Waals surface area contributed by atoms with E-state index in [0.717, 1.165) is 10.0 Å². The van der Waals surface area contributed by atoms with Gasteiger partial charge in [0, 0.05) is 29.2 Å². The van der Waals surface area contributed by atoms with Gasteiger partial charge in [-0.3, -0.25) is 4.79 Å². The molecule has 0 aliphatic heterocycles. The van der Waals surface area contributed by atoms with Gasteiger partial charge in [0.1, 0.15) is 0 Å². The molecule has 0 radical (unpaired) electrons. The number of carbonyl (C=O) groups excluding carboxylic acids is 1. The highest BCUT2D eigenvalue weighted by Gasteiger charge is 2.16. The van der Waals surface area contributed by atoms with Gasteiger partial charge in [0.2, 0.25) is 0 Å². The van der Waals surface area contributed by atoms with E-state index < -0.39 is 0 Å². The van der Waals surface area contributed by atoms with Gasteiger partial charge >= 0.3 is 0 Å². The summed E-state index contributed by atoms with van der Waals surface area (Å²) in [7, 11) is 4.96. The third kappa shape index (κ3) is 3.60. The maximum atomic E-state index is 12.5. The van der Waals surface area contributed by atoms with Crippen molar-refractivity contribution in [1.29, 1.82) is 0 Å². The average molecular weight is 364 g/mol. The fourth-order valence-corrected chi connectivity index (χ4v) is 2.48. The molecule has 0 N–H and O–H groups in total. The third-order valence-electron chi connectivity index (χ3n) is 3.33. The number of benzene rings is 2. The number of para-hydroxylation sites is 1. The maximum absolute atomic E-state index is 12.5. The summed E-state index contributed by atoms with van der Waals surface area (Å²) in [5, 5.41) is 0. The van der Waals surface area contributed by atoms with Crippen LogP contribution in [0.2, 0.25) is 0 Å². The number of halogens is 1. The minimum Gasteiger partial charge on any atom is -0.493 e. The molecule has 116 valence electrons. The van der Waals surface area contributed by atoms with Crippen molar-refractivity contribution in [3.8, 4) is 11.5 Å². The second-order valence-corrected chi connectivity index (χ2v) is 5.74. The summed E-state index contributed by atoms with van der Waals surface area (Å²) in [6, 6.07) is 12.9. The highest BCUT2D eigenvalue weighted by Crippen LogP contribution is 2.31. The lowest BCUT2D eigenvalue weighted by Crippen LogP contribution is -2.26. The number of carbonyl (C=O) groups is 1. The minimum absolute atomic E-state index is 0.0441. The lowest BCUT2D eigenvalue weighted by molar-refractivity contribution is 0.0784. The molecule has 4 nitrogen and oxygen atoms in total. The van der Waals surface area contributed by atoms with Gasteiger partial charge in [-0.25, -0.2) is 0 Å². The SMILES string of the molecule is COc1cccc(CN(C)C(=O)c2ccc(Br)cc2)c1OC. The lowest BCUT2D eigenvalue weighted by atomic mass is 10.1. The topological polar surface area (TPSA) is 38.8 Å². The Hall–Kier alpha value is -2.01. The second kappa shape index (κ2) is 7.31. The molecule has 0 saturated carbocycles. The van der Waals surface area contributed by atoms with Gasteiger partial charge in [-0.1, -0.05) is 28.1 Å². The molecular weight excluding hydrogens is 346 g/mol. The Balaban J connectivity index is 2.20. The highest BCUT2D eigenvalue weighted by molar-refractivity contribution is 9.10. The van der Waals surface area contributed by atoms with Gasteiger partial charge in [-0.15, -0.1) is 0 Å². The molecule has 5 heteroatoms. The van der Waals surface area contributed by atoms with Crippen molar-refractivity contribution in [3.05, 3.63) is 58.1 Å². The number of hydrogen-bond donors (Lipinski definition) is 0. The van der Waals surface area contributed by atoms with Crippen molar-refractivity contribution in [2.24, 2.45) is 0 Å². The maximum Gasteiger partial charge on any atom is 0.253 e. The van der Waals surface area contributed by atoms with E-state index in [-0.39, 0.29) is 5.91 Å². The Labute approximate surface area is 138 Å². The molecule has 0 aliphatic carbocycles. The van der Waals surface area contributed by atoms with E-state index >= 15 is 0 Å². The van der Waals surface area contributed by atoms with Crippen LogP contribution >= 0.6 is 15.9 Å². The smallest absolute Gasteiger partial charge is 0.253 e. The lowest BCUT2D eigenvalue weighted by Gasteiger charge is -2.20. The van der Waals surface area contributed by atoms with Crippen LogP contribution in [0.5, 0.6) is 11.5 Å². The van der Waals surface area contributed by atoms with Gasteiger partial charge in [0.05, 0.1) is 14.2 Å². The van der Waals surface area contributed by atoms with Crippen LogP contribution in [-0.4, -0.2) is 32.1 Å². The molecule has 22 heavy (non-hydrogen) atoms. The molecule has 2 aromatic carbocycles. The number of rotatable bonds is 5.